The molecule has 0 aliphatic carbocycles. The van der Waals surface area contributed by atoms with E-state index in [9.17, 15) is 18.0 Å². The standard InChI is InChI=1S/C20H24N2O6S/c1-15(19(23)21(2)14-16-9-6-5-7-10-16)28-20(24)17-11-8-12-18(13-17)29(25,26)22(3)27-4/h5-13,15H,14H2,1-4H3/t15-/m0/s1. The fraction of sp³-hybridized carbons (Fsp3) is 0.300. The maximum atomic E-state index is 12.5. The van der Waals surface area contributed by atoms with Crippen LogP contribution in [-0.2, 0) is 30.9 Å². The topological polar surface area (TPSA) is 93.2 Å². The van der Waals surface area contributed by atoms with Crippen molar-refractivity contribution in [1.29, 1.82) is 0 Å². The second-order valence-electron chi connectivity index (χ2n) is 6.35. The van der Waals surface area contributed by atoms with Gasteiger partial charge >= 0.3 is 5.97 Å². The zero-order chi connectivity index (χ0) is 21.6. The number of carbonyl (C=O) groups is 2. The van der Waals surface area contributed by atoms with Crippen LogP contribution in [0.5, 0.6) is 0 Å². The molecule has 29 heavy (non-hydrogen) atoms. The highest BCUT2D eigenvalue weighted by Gasteiger charge is 2.25. The monoisotopic (exact) mass is 420 g/mol. The Morgan fingerprint density at radius 2 is 1.69 bits per heavy atom. The number of hydrogen-bond acceptors (Lipinski definition) is 6. The highest BCUT2D eigenvalue weighted by Crippen LogP contribution is 2.17. The summed E-state index contributed by atoms with van der Waals surface area (Å²) >= 11 is 0. The second kappa shape index (κ2) is 9.64. The van der Waals surface area contributed by atoms with E-state index in [1.54, 1.807) is 7.05 Å². The molecular weight excluding hydrogens is 396 g/mol. The molecule has 2 aromatic rings. The maximum Gasteiger partial charge on any atom is 0.338 e. The molecule has 8 nitrogen and oxygen atoms in total. The number of carbonyl (C=O) groups excluding carboxylic acids is 2. The van der Waals surface area contributed by atoms with Crippen molar-refractivity contribution in [3.05, 3.63) is 65.7 Å². The van der Waals surface area contributed by atoms with Gasteiger partial charge in [-0.2, -0.15) is 0 Å². The number of hydroxylamine groups is 1. The van der Waals surface area contributed by atoms with Crippen LogP contribution >= 0.6 is 0 Å². The van der Waals surface area contributed by atoms with E-state index >= 15 is 0 Å². The lowest BCUT2D eigenvalue weighted by molar-refractivity contribution is -0.139. The smallest absolute Gasteiger partial charge is 0.338 e. The van der Waals surface area contributed by atoms with Crippen molar-refractivity contribution < 1.29 is 27.6 Å². The molecule has 1 amide bonds. The van der Waals surface area contributed by atoms with Gasteiger partial charge in [0, 0.05) is 20.6 Å². The van der Waals surface area contributed by atoms with Gasteiger partial charge in [0.2, 0.25) is 0 Å². The molecule has 0 saturated carbocycles. The van der Waals surface area contributed by atoms with Crippen LogP contribution in [0.2, 0.25) is 0 Å². The molecule has 0 aliphatic rings. The zero-order valence-electron chi connectivity index (χ0n) is 16.7. The number of likely N-dealkylation sites (N-methyl/N-ethyl adjacent to an activating group) is 1. The molecule has 0 unspecified atom stereocenters. The quantitative estimate of drug-likeness (QED) is 0.479. The van der Waals surface area contributed by atoms with E-state index in [1.807, 2.05) is 30.3 Å². The van der Waals surface area contributed by atoms with Crippen LogP contribution in [0.25, 0.3) is 0 Å². The summed E-state index contributed by atoms with van der Waals surface area (Å²) in [6, 6.07) is 14.8. The van der Waals surface area contributed by atoms with Crippen LogP contribution in [0.15, 0.2) is 59.5 Å². The highest BCUT2D eigenvalue weighted by molar-refractivity contribution is 7.89. The SMILES string of the molecule is CON(C)S(=O)(=O)c1cccc(C(=O)O[C@@H](C)C(=O)N(C)Cc2ccccc2)c1. The average molecular weight is 420 g/mol. The van der Waals surface area contributed by atoms with Gasteiger partial charge in [0.25, 0.3) is 15.9 Å². The first kappa shape index (κ1) is 22.5. The lowest BCUT2D eigenvalue weighted by Gasteiger charge is -2.21. The summed E-state index contributed by atoms with van der Waals surface area (Å²) in [5.74, 6) is -1.17. The molecule has 0 fully saturated rings. The first-order valence-corrected chi connectivity index (χ1v) is 10.2. The molecule has 0 spiro atoms. The minimum absolute atomic E-state index is 0.0148. The Labute approximate surface area is 170 Å². The fourth-order valence-corrected chi connectivity index (χ4v) is 3.57. The van der Waals surface area contributed by atoms with E-state index < -0.39 is 22.1 Å². The van der Waals surface area contributed by atoms with E-state index in [2.05, 4.69) is 0 Å². The summed E-state index contributed by atoms with van der Waals surface area (Å²) in [6.07, 6.45) is -1.03. The van der Waals surface area contributed by atoms with Crippen molar-refractivity contribution in [3.63, 3.8) is 0 Å². The summed E-state index contributed by atoms with van der Waals surface area (Å²) in [4.78, 5) is 31.0. The number of nitrogens with zero attached hydrogens (tertiary/aromatic N) is 2. The van der Waals surface area contributed by atoms with Crippen LogP contribution in [0, 0.1) is 0 Å². The van der Waals surface area contributed by atoms with E-state index in [0.29, 0.717) is 11.0 Å². The van der Waals surface area contributed by atoms with Crippen LogP contribution in [0.4, 0.5) is 0 Å². The lowest BCUT2D eigenvalue weighted by Crippen LogP contribution is -2.37. The van der Waals surface area contributed by atoms with Gasteiger partial charge in [-0.15, -0.1) is 0 Å². The van der Waals surface area contributed by atoms with Crippen molar-refractivity contribution in [1.82, 2.24) is 9.37 Å². The summed E-state index contributed by atoms with van der Waals surface area (Å²) in [5.41, 5.74) is 0.961. The lowest BCUT2D eigenvalue weighted by atomic mass is 10.2. The summed E-state index contributed by atoms with van der Waals surface area (Å²) in [7, 11) is 0.166. The molecule has 0 aromatic heterocycles. The molecule has 0 saturated heterocycles. The Balaban J connectivity index is 2.07. The molecule has 0 heterocycles. The molecule has 9 heteroatoms. The van der Waals surface area contributed by atoms with Crippen molar-refractivity contribution in [2.75, 3.05) is 21.2 Å². The van der Waals surface area contributed by atoms with Gasteiger partial charge in [-0.25, -0.2) is 13.2 Å². The molecule has 0 radical (unpaired) electrons. The molecular formula is C20H24N2O6S. The predicted molar refractivity (Wildman–Crippen MR) is 106 cm³/mol. The molecule has 1 atom stereocenters. The van der Waals surface area contributed by atoms with Crippen molar-refractivity contribution >= 4 is 21.9 Å². The third kappa shape index (κ3) is 5.63. The fourth-order valence-electron chi connectivity index (χ4n) is 2.55. The van der Waals surface area contributed by atoms with Gasteiger partial charge in [0.1, 0.15) is 0 Å². The first-order chi connectivity index (χ1) is 13.7. The van der Waals surface area contributed by atoms with Crippen molar-refractivity contribution in [2.24, 2.45) is 0 Å². The molecule has 0 bridgehead atoms. The van der Waals surface area contributed by atoms with Gasteiger partial charge in [0.05, 0.1) is 17.6 Å². The Bertz CT molecular complexity index is 962. The van der Waals surface area contributed by atoms with Crippen LogP contribution < -0.4 is 0 Å². The molecule has 156 valence electrons. The van der Waals surface area contributed by atoms with Crippen LogP contribution in [0.3, 0.4) is 0 Å². The molecule has 2 rings (SSSR count). The largest absolute Gasteiger partial charge is 0.449 e. The Kier molecular flexibility index (Phi) is 7.49. The van der Waals surface area contributed by atoms with Crippen molar-refractivity contribution in [3.8, 4) is 0 Å². The van der Waals surface area contributed by atoms with E-state index in [1.165, 1.54) is 50.2 Å². The Morgan fingerprint density at radius 3 is 2.31 bits per heavy atom. The second-order valence-corrected chi connectivity index (χ2v) is 8.29. The molecule has 0 N–H and O–H groups in total. The number of hydrogen-bond donors (Lipinski definition) is 0. The number of rotatable bonds is 8. The number of esters is 1. The van der Waals surface area contributed by atoms with Crippen LogP contribution in [0.1, 0.15) is 22.8 Å². The first-order valence-electron chi connectivity index (χ1n) is 8.79. The normalized spacial score (nSPS) is 12.4. The van der Waals surface area contributed by atoms with Gasteiger partial charge < -0.3 is 9.64 Å². The van der Waals surface area contributed by atoms with E-state index in [4.69, 9.17) is 9.57 Å². The number of ether oxygens (including phenoxy) is 1. The highest BCUT2D eigenvalue weighted by atomic mass is 32.2. The molecule has 0 aliphatic heterocycles. The third-order valence-corrected chi connectivity index (χ3v) is 5.91. The molecule has 2 aromatic carbocycles. The Hall–Kier alpha value is -2.75. The summed E-state index contributed by atoms with van der Waals surface area (Å²) in [5, 5.41) is 0. The average Bonchev–Trinajstić information content (AvgIpc) is 2.73. The predicted octanol–water partition coefficient (Wildman–Crippen LogP) is 2.07. The third-order valence-electron chi connectivity index (χ3n) is 4.23. The Morgan fingerprint density at radius 1 is 1.03 bits per heavy atom. The minimum atomic E-state index is -3.91. The van der Waals surface area contributed by atoms with Gasteiger partial charge in [-0.3, -0.25) is 9.63 Å². The van der Waals surface area contributed by atoms with Gasteiger partial charge in [-0.05, 0) is 30.7 Å². The zero-order valence-corrected chi connectivity index (χ0v) is 17.5. The van der Waals surface area contributed by atoms with Gasteiger partial charge in [-0.1, -0.05) is 40.9 Å². The maximum absolute atomic E-state index is 12.5. The van der Waals surface area contributed by atoms with Crippen molar-refractivity contribution in [2.45, 2.75) is 24.5 Å². The summed E-state index contributed by atoms with van der Waals surface area (Å²) < 4.78 is 30.6. The van der Waals surface area contributed by atoms with Gasteiger partial charge in [0.15, 0.2) is 6.10 Å². The minimum Gasteiger partial charge on any atom is -0.449 e. The van der Waals surface area contributed by atoms with Crippen LogP contribution in [-0.4, -0.2) is 57.0 Å². The number of sulfonamides is 1. The number of benzene rings is 2. The summed E-state index contributed by atoms with van der Waals surface area (Å²) in [6.45, 7) is 1.85. The van der Waals surface area contributed by atoms with E-state index in [-0.39, 0.29) is 16.4 Å². The van der Waals surface area contributed by atoms with E-state index in [0.717, 1.165) is 5.56 Å². The number of amides is 1.